The van der Waals surface area contributed by atoms with E-state index in [2.05, 4.69) is 24.1 Å². The van der Waals surface area contributed by atoms with Gasteiger partial charge in [0, 0.05) is 17.2 Å². The third-order valence-electron chi connectivity index (χ3n) is 5.69. The van der Waals surface area contributed by atoms with Crippen molar-refractivity contribution in [2.75, 3.05) is 12.4 Å². The molecule has 0 spiro atoms. The van der Waals surface area contributed by atoms with Crippen LogP contribution in [-0.4, -0.2) is 29.8 Å². The summed E-state index contributed by atoms with van der Waals surface area (Å²) in [5, 5.41) is 3.26. The number of methoxy groups -OCH3 is 1. The summed E-state index contributed by atoms with van der Waals surface area (Å²) < 4.78 is 4.83. The number of anilines is 1. The van der Waals surface area contributed by atoms with E-state index in [0.29, 0.717) is 29.7 Å². The highest BCUT2D eigenvalue weighted by atomic mass is 32.1. The third-order valence-corrected chi connectivity index (χ3v) is 6.68. The van der Waals surface area contributed by atoms with Crippen molar-refractivity contribution in [2.24, 2.45) is 11.8 Å². The number of amides is 1. The van der Waals surface area contributed by atoms with Crippen LogP contribution in [0, 0.1) is 11.8 Å². The van der Waals surface area contributed by atoms with Crippen LogP contribution in [0.2, 0.25) is 0 Å². The molecule has 1 aromatic heterocycles. The Morgan fingerprint density at radius 2 is 1.94 bits per heavy atom. The zero-order valence-electron chi connectivity index (χ0n) is 18.6. The van der Waals surface area contributed by atoms with Gasteiger partial charge in [-0.3, -0.25) is 9.59 Å². The number of ether oxygens (including phenoxy) is 1. The van der Waals surface area contributed by atoms with Gasteiger partial charge in [0.05, 0.1) is 13.0 Å². The Morgan fingerprint density at radius 3 is 2.52 bits per heavy atom. The lowest BCUT2D eigenvalue weighted by molar-refractivity contribution is -0.120. The van der Waals surface area contributed by atoms with Gasteiger partial charge in [-0.25, -0.2) is 9.78 Å². The van der Waals surface area contributed by atoms with E-state index in [1.54, 1.807) is 0 Å². The lowest BCUT2D eigenvalue weighted by Crippen LogP contribution is -2.19. The molecule has 0 radical (unpaired) electrons. The summed E-state index contributed by atoms with van der Waals surface area (Å²) in [5.74, 6) is -0.189. The van der Waals surface area contributed by atoms with Crippen molar-refractivity contribution in [3.05, 3.63) is 46.0 Å². The second-order valence-electron chi connectivity index (χ2n) is 8.59. The fourth-order valence-electron chi connectivity index (χ4n) is 3.87. The molecule has 6 nitrogen and oxygen atoms in total. The molecule has 2 atom stereocenters. The molecule has 0 unspecified atom stereocenters. The Hall–Kier alpha value is -2.54. The van der Waals surface area contributed by atoms with Crippen LogP contribution in [0.4, 0.5) is 5.13 Å². The smallest absolute Gasteiger partial charge is 0.357 e. The topological polar surface area (TPSA) is 85.4 Å². The number of hydrogen-bond donors (Lipinski definition) is 1. The number of hydrogen-bond acceptors (Lipinski definition) is 6. The maximum atomic E-state index is 12.8. The molecule has 0 bridgehead atoms. The lowest BCUT2D eigenvalue weighted by Gasteiger charge is -2.13. The molecule has 1 N–H and O–H groups in total. The second-order valence-corrected chi connectivity index (χ2v) is 9.68. The first kappa shape index (κ1) is 23.1. The van der Waals surface area contributed by atoms with E-state index >= 15 is 0 Å². The van der Waals surface area contributed by atoms with E-state index in [1.165, 1.54) is 18.4 Å². The van der Waals surface area contributed by atoms with E-state index in [9.17, 15) is 14.4 Å². The summed E-state index contributed by atoms with van der Waals surface area (Å²) in [5.41, 5.74) is 2.29. The average molecular weight is 443 g/mol. The molecule has 7 heteroatoms. The van der Waals surface area contributed by atoms with Crippen LogP contribution in [0.5, 0.6) is 0 Å². The van der Waals surface area contributed by atoms with E-state index in [1.807, 2.05) is 31.2 Å². The first-order chi connectivity index (χ1) is 14.8. The number of benzene rings is 1. The first-order valence-corrected chi connectivity index (χ1v) is 11.6. The van der Waals surface area contributed by atoms with Crippen LogP contribution in [0.3, 0.4) is 0 Å². The quantitative estimate of drug-likeness (QED) is 0.595. The highest BCUT2D eigenvalue weighted by molar-refractivity contribution is 7.16. The van der Waals surface area contributed by atoms with Gasteiger partial charge in [0.2, 0.25) is 5.91 Å². The zero-order chi connectivity index (χ0) is 22.5. The lowest BCUT2D eigenvalue weighted by atomic mass is 9.94. The second kappa shape index (κ2) is 10.2. The number of thiazole rings is 1. The minimum atomic E-state index is -0.489. The molecule has 2 aromatic rings. The summed E-state index contributed by atoms with van der Waals surface area (Å²) in [7, 11) is 1.33. The maximum absolute atomic E-state index is 12.8. The number of nitrogens with one attached hydrogen (secondary N) is 1. The summed E-state index contributed by atoms with van der Waals surface area (Å²) in [6, 6.07) is 7.91. The standard InChI is InChI=1S/C24H30N2O4S/c1-14(2)12-20-21(23(29)30-4)25-24(31-20)26-22(28)15(3)17-10-8-16(9-11-17)13-18-6-5-7-19(18)27/h8-11,14-15,18H,5-7,12-13H2,1-4H3,(H,25,26,28)/t15-,18-/m1/s1. The number of ketones is 1. The molecule has 0 aliphatic heterocycles. The summed E-state index contributed by atoms with van der Waals surface area (Å²) >= 11 is 1.32. The SMILES string of the molecule is COC(=O)c1nc(NC(=O)[C@H](C)c2ccc(C[C@H]3CCCC3=O)cc2)sc1CC(C)C. The van der Waals surface area contributed by atoms with E-state index < -0.39 is 5.97 Å². The van der Waals surface area contributed by atoms with E-state index in [4.69, 9.17) is 4.74 Å². The fourth-order valence-corrected chi connectivity index (χ4v) is 5.03. The number of Topliss-reactive ketones (excluding diaryl/α,β-unsaturated/α-hetero) is 1. The Kier molecular flexibility index (Phi) is 7.59. The normalized spacial score (nSPS) is 17.1. The summed E-state index contributed by atoms with van der Waals surface area (Å²) in [6.45, 7) is 5.97. The molecule has 3 rings (SSSR count). The van der Waals surface area contributed by atoms with E-state index in [-0.39, 0.29) is 23.4 Å². The molecule has 1 aliphatic rings. The number of aromatic nitrogens is 1. The molecule has 1 heterocycles. The van der Waals surface area contributed by atoms with E-state index in [0.717, 1.165) is 35.3 Å². The van der Waals surface area contributed by atoms with Crippen molar-refractivity contribution >= 4 is 34.1 Å². The molecule has 1 amide bonds. The van der Waals surface area contributed by atoms with Crippen molar-refractivity contribution in [2.45, 2.75) is 58.8 Å². The Bertz CT molecular complexity index is 949. The van der Waals surface area contributed by atoms with Gasteiger partial charge in [0.1, 0.15) is 5.78 Å². The van der Waals surface area contributed by atoms with Crippen molar-refractivity contribution in [3.8, 4) is 0 Å². The molecule has 166 valence electrons. The zero-order valence-corrected chi connectivity index (χ0v) is 19.4. The van der Waals surface area contributed by atoms with Gasteiger partial charge < -0.3 is 10.1 Å². The van der Waals surface area contributed by atoms with Crippen molar-refractivity contribution < 1.29 is 19.1 Å². The molecule has 31 heavy (non-hydrogen) atoms. The number of nitrogens with zero attached hydrogens (tertiary/aromatic N) is 1. The first-order valence-electron chi connectivity index (χ1n) is 10.8. The predicted molar refractivity (Wildman–Crippen MR) is 122 cm³/mol. The molecular weight excluding hydrogens is 412 g/mol. The van der Waals surface area contributed by atoms with Gasteiger partial charge in [0.25, 0.3) is 0 Å². The molecule has 1 aromatic carbocycles. The van der Waals surface area contributed by atoms with Gasteiger partial charge in [-0.05, 0) is 49.7 Å². The Labute approximate surface area is 187 Å². The monoisotopic (exact) mass is 442 g/mol. The minimum absolute atomic E-state index is 0.139. The fraction of sp³-hybridized carbons (Fsp3) is 0.500. The largest absolute Gasteiger partial charge is 0.464 e. The summed E-state index contributed by atoms with van der Waals surface area (Å²) in [6.07, 6.45) is 4.13. The molecular formula is C24H30N2O4S. The van der Waals surface area contributed by atoms with Crippen LogP contribution in [0.1, 0.15) is 72.4 Å². The van der Waals surface area contributed by atoms with Gasteiger partial charge in [-0.15, -0.1) is 11.3 Å². The Morgan fingerprint density at radius 1 is 1.23 bits per heavy atom. The van der Waals surface area contributed by atoms with Crippen LogP contribution in [0.25, 0.3) is 0 Å². The highest BCUT2D eigenvalue weighted by Crippen LogP contribution is 2.29. The van der Waals surface area contributed by atoms with Gasteiger partial charge in [0.15, 0.2) is 10.8 Å². The van der Waals surface area contributed by atoms with Crippen LogP contribution in [-0.2, 0) is 27.2 Å². The number of carbonyl (C=O) groups excluding carboxylic acids is 3. The van der Waals surface area contributed by atoms with Crippen molar-refractivity contribution in [1.82, 2.24) is 4.98 Å². The van der Waals surface area contributed by atoms with Crippen LogP contribution in [0.15, 0.2) is 24.3 Å². The Balaban J connectivity index is 1.66. The van der Waals surface area contributed by atoms with Crippen molar-refractivity contribution in [1.29, 1.82) is 0 Å². The highest BCUT2D eigenvalue weighted by Gasteiger charge is 2.25. The third kappa shape index (κ3) is 5.79. The number of carbonyl (C=O) groups is 3. The van der Waals surface area contributed by atoms with Crippen LogP contribution < -0.4 is 5.32 Å². The van der Waals surface area contributed by atoms with Gasteiger partial charge in [-0.1, -0.05) is 38.1 Å². The molecule has 1 aliphatic carbocycles. The molecule has 1 saturated carbocycles. The minimum Gasteiger partial charge on any atom is -0.464 e. The molecule has 0 saturated heterocycles. The van der Waals surface area contributed by atoms with Gasteiger partial charge in [-0.2, -0.15) is 0 Å². The van der Waals surface area contributed by atoms with Crippen LogP contribution >= 0.6 is 11.3 Å². The number of esters is 1. The van der Waals surface area contributed by atoms with Gasteiger partial charge >= 0.3 is 5.97 Å². The predicted octanol–water partition coefficient (Wildman–Crippen LogP) is 4.78. The maximum Gasteiger partial charge on any atom is 0.357 e. The molecule has 1 fully saturated rings. The summed E-state index contributed by atoms with van der Waals surface area (Å²) in [4.78, 5) is 41.8. The van der Waals surface area contributed by atoms with Crippen molar-refractivity contribution in [3.63, 3.8) is 0 Å². The number of rotatable bonds is 8. The average Bonchev–Trinajstić information content (AvgIpc) is 3.32.